The molecule has 0 aromatic carbocycles. The molecule has 17 heavy (non-hydrogen) atoms. The maximum Gasteiger partial charge on any atom is 0.138 e. The molecule has 0 spiro atoms. The number of hydrogen-bond acceptors (Lipinski definition) is 1. The Labute approximate surface area is 104 Å². The van der Waals surface area contributed by atoms with Crippen molar-refractivity contribution in [3.8, 4) is 0 Å². The Morgan fingerprint density at radius 3 is 2.24 bits per heavy atom. The number of rotatable bonds is 0. The molecule has 0 aliphatic carbocycles. The Morgan fingerprint density at radius 2 is 1.71 bits per heavy atom. The highest BCUT2D eigenvalue weighted by atomic mass is 14.9. The number of nitrogens with one attached hydrogen (secondary N) is 1. The molecule has 0 unspecified atom stereocenters. The lowest BCUT2D eigenvalue weighted by Crippen LogP contribution is -2.17. The first kappa shape index (κ1) is 12.2. The van der Waals surface area contributed by atoms with Crippen molar-refractivity contribution in [2.45, 2.75) is 47.0 Å². The van der Waals surface area contributed by atoms with Crippen LogP contribution in [0.2, 0.25) is 0 Å². The van der Waals surface area contributed by atoms with Crippen LogP contribution in [-0.2, 0) is 5.41 Å². The van der Waals surface area contributed by atoms with Crippen LogP contribution in [0.15, 0.2) is 0 Å². The maximum absolute atomic E-state index is 6.09. The Hall–Kier alpha value is -1.25. The average molecular weight is 226 g/mol. The molecule has 0 saturated carbocycles. The Kier molecular flexibility index (Phi) is 2.60. The van der Waals surface area contributed by atoms with Crippen molar-refractivity contribution >= 4 is 24.3 Å². The maximum atomic E-state index is 6.09. The van der Waals surface area contributed by atoms with Gasteiger partial charge in [-0.2, -0.15) is 0 Å². The van der Waals surface area contributed by atoms with Gasteiger partial charge in [0.1, 0.15) is 13.5 Å². The minimum Gasteiger partial charge on any atom is -0.343 e. The second-order valence-electron chi connectivity index (χ2n) is 5.83. The second-order valence-corrected chi connectivity index (χ2v) is 5.83. The zero-order chi connectivity index (χ0) is 13.0. The van der Waals surface area contributed by atoms with E-state index in [1.807, 2.05) is 6.92 Å². The minimum absolute atomic E-state index is 0.0937. The van der Waals surface area contributed by atoms with Gasteiger partial charge in [-0.1, -0.05) is 26.2 Å². The molecule has 2 aromatic heterocycles. The molecule has 0 fully saturated rings. The summed E-state index contributed by atoms with van der Waals surface area (Å²) >= 11 is 0. The summed E-state index contributed by atoms with van der Waals surface area (Å²) in [6.45, 7) is 12.8. The van der Waals surface area contributed by atoms with Crippen LogP contribution < -0.4 is 5.46 Å². The van der Waals surface area contributed by atoms with E-state index in [1.165, 1.54) is 16.6 Å². The van der Waals surface area contributed by atoms with Gasteiger partial charge in [-0.05, 0) is 37.3 Å². The van der Waals surface area contributed by atoms with Crippen LogP contribution in [0.4, 0.5) is 0 Å². The number of H-pyrrole nitrogens is 1. The van der Waals surface area contributed by atoms with Gasteiger partial charge in [0, 0.05) is 16.8 Å². The summed E-state index contributed by atoms with van der Waals surface area (Å²) in [5.74, 6) is 0. The third kappa shape index (κ3) is 1.78. The van der Waals surface area contributed by atoms with E-state index in [1.54, 1.807) is 0 Å². The molecular formula is C14H19BN2. The Morgan fingerprint density at radius 1 is 1.12 bits per heavy atom. The fraction of sp³-hybridized carbons (Fsp3) is 0.500. The highest BCUT2D eigenvalue weighted by Crippen LogP contribution is 2.33. The summed E-state index contributed by atoms with van der Waals surface area (Å²) in [6, 6.07) is 0. The molecule has 88 valence electrons. The van der Waals surface area contributed by atoms with Crippen LogP contribution in [0.3, 0.4) is 0 Å². The smallest absolute Gasteiger partial charge is 0.138 e. The Balaban J connectivity index is 2.96. The lowest BCUT2D eigenvalue weighted by Gasteiger charge is -2.20. The van der Waals surface area contributed by atoms with Crippen molar-refractivity contribution in [1.29, 1.82) is 0 Å². The van der Waals surface area contributed by atoms with E-state index in [0.717, 1.165) is 22.4 Å². The lowest BCUT2D eigenvalue weighted by atomic mass is 9.81. The summed E-state index contributed by atoms with van der Waals surface area (Å²) in [5, 5.41) is 1.19. The largest absolute Gasteiger partial charge is 0.343 e. The number of hydrogen-bond donors (Lipinski definition) is 1. The van der Waals surface area contributed by atoms with E-state index < -0.39 is 0 Å². The van der Waals surface area contributed by atoms with E-state index in [0.29, 0.717) is 0 Å². The van der Waals surface area contributed by atoms with Crippen LogP contribution in [0, 0.1) is 20.8 Å². The van der Waals surface area contributed by atoms with E-state index in [-0.39, 0.29) is 5.41 Å². The zero-order valence-corrected chi connectivity index (χ0v) is 11.5. The lowest BCUT2D eigenvalue weighted by molar-refractivity contribution is 0.591. The predicted octanol–water partition coefficient (Wildman–Crippen LogP) is 2.58. The first-order chi connectivity index (χ1) is 7.73. The molecule has 0 atom stereocenters. The van der Waals surface area contributed by atoms with Gasteiger partial charge in [-0.25, -0.2) is 4.98 Å². The van der Waals surface area contributed by atoms with Crippen molar-refractivity contribution in [3.63, 3.8) is 0 Å². The van der Waals surface area contributed by atoms with Crippen LogP contribution >= 0.6 is 0 Å². The van der Waals surface area contributed by atoms with Gasteiger partial charge in [-0.3, -0.25) is 0 Å². The molecule has 3 heteroatoms. The van der Waals surface area contributed by atoms with Crippen molar-refractivity contribution in [2.75, 3.05) is 0 Å². The SMILES string of the molecule is [B]c1c(C)nc2[nH]c(C)c(C(C)(C)C)c2c1C. The summed E-state index contributed by atoms with van der Waals surface area (Å²) in [6.07, 6.45) is 0. The number of aromatic nitrogens is 2. The summed E-state index contributed by atoms with van der Waals surface area (Å²) in [4.78, 5) is 7.93. The van der Waals surface area contributed by atoms with E-state index in [4.69, 9.17) is 7.85 Å². The topological polar surface area (TPSA) is 28.7 Å². The van der Waals surface area contributed by atoms with Gasteiger partial charge >= 0.3 is 0 Å². The monoisotopic (exact) mass is 226 g/mol. The molecule has 0 saturated heterocycles. The van der Waals surface area contributed by atoms with Crippen LogP contribution in [-0.4, -0.2) is 17.8 Å². The summed E-state index contributed by atoms with van der Waals surface area (Å²) in [7, 11) is 6.09. The molecule has 1 N–H and O–H groups in total. The summed E-state index contributed by atoms with van der Waals surface area (Å²) in [5.41, 5.74) is 6.41. The number of aromatic amines is 1. The molecule has 2 heterocycles. The number of pyridine rings is 1. The van der Waals surface area contributed by atoms with Gasteiger partial charge in [0.2, 0.25) is 0 Å². The van der Waals surface area contributed by atoms with Crippen molar-refractivity contribution in [2.24, 2.45) is 0 Å². The van der Waals surface area contributed by atoms with Crippen LogP contribution in [0.25, 0.3) is 11.0 Å². The van der Waals surface area contributed by atoms with Crippen molar-refractivity contribution in [3.05, 3.63) is 22.5 Å². The fourth-order valence-corrected chi connectivity index (χ4v) is 2.63. The zero-order valence-electron chi connectivity index (χ0n) is 11.5. The number of fused-ring (bicyclic) bond motifs is 1. The standard InChI is InChI=1S/C14H19BN2/c1-7-10-11(14(4,5)6)8(2)16-13(10)17-9(3)12(7)15/h1-6H3,(H,16,17). The quantitative estimate of drug-likeness (QED) is 0.687. The molecule has 0 aliphatic heterocycles. The average Bonchev–Trinajstić information content (AvgIpc) is 2.50. The van der Waals surface area contributed by atoms with Gasteiger partial charge < -0.3 is 4.98 Å². The second kappa shape index (κ2) is 3.62. The first-order valence-electron chi connectivity index (χ1n) is 5.99. The van der Waals surface area contributed by atoms with Crippen LogP contribution in [0.5, 0.6) is 0 Å². The van der Waals surface area contributed by atoms with Gasteiger partial charge in [-0.15, -0.1) is 0 Å². The van der Waals surface area contributed by atoms with Gasteiger partial charge in [0.05, 0.1) is 0 Å². The molecule has 2 aromatic rings. The normalized spacial score (nSPS) is 12.4. The van der Waals surface area contributed by atoms with Crippen molar-refractivity contribution in [1.82, 2.24) is 9.97 Å². The predicted molar refractivity (Wildman–Crippen MR) is 74.4 cm³/mol. The van der Waals surface area contributed by atoms with E-state index >= 15 is 0 Å². The van der Waals surface area contributed by atoms with E-state index in [9.17, 15) is 0 Å². The van der Waals surface area contributed by atoms with Gasteiger partial charge in [0.25, 0.3) is 0 Å². The molecule has 2 rings (SSSR count). The fourth-order valence-electron chi connectivity index (χ4n) is 2.63. The third-order valence-electron chi connectivity index (χ3n) is 3.37. The third-order valence-corrected chi connectivity index (χ3v) is 3.37. The molecule has 2 radical (unpaired) electrons. The molecule has 2 nitrogen and oxygen atoms in total. The minimum atomic E-state index is 0.0937. The van der Waals surface area contributed by atoms with Gasteiger partial charge in [0.15, 0.2) is 0 Å². The number of nitrogens with zero attached hydrogens (tertiary/aromatic N) is 1. The van der Waals surface area contributed by atoms with E-state index in [2.05, 4.69) is 44.6 Å². The first-order valence-corrected chi connectivity index (χ1v) is 5.99. The number of aryl methyl sites for hydroxylation is 3. The highest BCUT2D eigenvalue weighted by molar-refractivity contribution is 6.35. The molecular weight excluding hydrogens is 207 g/mol. The highest BCUT2D eigenvalue weighted by Gasteiger charge is 2.23. The van der Waals surface area contributed by atoms with Crippen LogP contribution in [0.1, 0.15) is 43.3 Å². The molecule has 0 amide bonds. The molecule has 0 aliphatic rings. The Bertz CT molecular complexity index is 589. The molecule has 0 bridgehead atoms. The summed E-state index contributed by atoms with van der Waals surface area (Å²) < 4.78 is 0. The van der Waals surface area contributed by atoms with Crippen molar-refractivity contribution < 1.29 is 0 Å².